The first-order chi connectivity index (χ1) is 9.13. The summed E-state index contributed by atoms with van der Waals surface area (Å²) in [7, 11) is 0. The number of halogens is 3. The van der Waals surface area contributed by atoms with Crippen LogP contribution in [0.2, 0.25) is 10.0 Å². The molecule has 0 radical (unpaired) electrons. The zero-order chi connectivity index (χ0) is 13.8. The van der Waals surface area contributed by atoms with Crippen molar-refractivity contribution >= 4 is 45.0 Å². The van der Waals surface area contributed by atoms with Gasteiger partial charge in [0.1, 0.15) is 0 Å². The molecule has 1 fully saturated rings. The van der Waals surface area contributed by atoms with Crippen LogP contribution in [0.5, 0.6) is 0 Å². The van der Waals surface area contributed by atoms with Gasteiger partial charge in [0.05, 0.1) is 10.0 Å². The molecule has 0 aliphatic heterocycles. The van der Waals surface area contributed by atoms with Gasteiger partial charge in [-0.3, -0.25) is 4.79 Å². The Balaban J connectivity index is 2.20. The zero-order valence-electron chi connectivity index (χ0n) is 10.5. The Hall–Kier alpha value is -0.250. The van der Waals surface area contributed by atoms with Gasteiger partial charge in [-0.1, -0.05) is 52.0 Å². The lowest BCUT2D eigenvalue weighted by molar-refractivity contribution is 0.0696. The van der Waals surface area contributed by atoms with Crippen molar-refractivity contribution in [2.75, 3.05) is 11.9 Å². The van der Waals surface area contributed by atoms with Crippen LogP contribution in [0.15, 0.2) is 18.2 Å². The molecule has 1 aliphatic carbocycles. The van der Waals surface area contributed by atoms with E-state index in [2.05, 4.69) is 15.9 Å². The van der Waals surface area contributed by atoms with Gasteiger partial charge in [-0.15, -0.1) is 0 Å². The Kier molecular flexibility index (Phi) is 5.55. The highest BCUT2D eigenvalue weighted by Gasteiger charge is 2.27. The third kappa shape index (κ3) is 3.65. The SMILES string of the molecule is O=C(c1ccc(Cl)c(Cl)c1)N(CCBr)C1CCCC1. The second-order valence-electron chi connectivity index (χ2n) is 4.75. The summed E-state index contributed by atoms with van der Waals surface area (Å²) in [6.45, 7) is 0.726. The van der Waals surface area contributed by atoms with E-state index in [9.17, 15) is 4.79 Å². The summed E-state index contributed by atoms with van der Waals surface area (Å²) in [6.07, 6.45) is 4.61. The Morgan fingerprint density at radius 1 is 1.26 bits per heavy atom. The summed E-state index contributed by atoms with van der Waals surface area (Å²) in [6, 6.07) is 5.44. The Labute approximate surface area is 132 Å². The maximum Gasteiger partial charge on any atom is 0.254 e. The van der Waals surface area contributed by atoms with Gasteiger partial charge in [-0.2, -0.15) is 0 Å². The Bertz CT molecular complexity index is 461. The van der Waals surface area contributed by atoms with E-state index in [4.69, 9.17) is 23.2 Å². The van der Waals surface area contributed by atoms with Crippen LogP contribution in [0.25, 0.3) is 0 Å². The summed E-state index contributed by atoms with van der Waals surface area (Å²) >= 11 is 15.3. The van der Waals surface area contributed by atoms with Crippen LogP contribution in [-0.4, -0.2) is 28.7 Å². The van der Waals surface area contributed by atoms with E-state index in [1.54, 1.807) is 18.2 Å². The van der Waals surface area contributed by atoms with Gasteiger partial charge in [-0.05, 0) is 31.0 Å². The number of carbonyl (C=O) groups is 1. The van der Waals surface area contributed by atoms with Crippen molar-refractivity contribution in [3.8, 4) is 0 Å². The first kappa shape index (κ1) is 15.1. The molecule has 19 heavy (non-hydrogen) atoms. The van der Waals surface area contributed by atoms with Crippen molar-refractivity contribution in [1.82, 2.24) is 4.90 Å². The average molecular weight is 365 g/mol. The minimum Gasteiger partial charge on any atom is -0.335 e. The molecule has 1 aromatic carbocycles. The molecular formula is C14H16BrCl2NO. The third-order valence-electron chi connectivity index (χ3n) is 3.52. The number of amides is 1. The first-order valence-electron chi connectivity index (χ1n) is 6.45. The second kappa shape index (κ2) is 6.96. The minimum atomic E-state index is 0.0462. The molecule has 0 N–H and O–H groups in total. The van der Waals surface area contributed by atoms with E-state index in [0.29, 0.717) is 21.7 Å². The average Bonchev–Trinajstić information content (AvgIpc) is 2.92. The number of benzene rings is 1. The molecule has 104 valence electrons. The van der Waals surface area contributed by atoms with Gasteiger partial charge in [0.2, 0.25) is 0 Å². The molecule has 5 heteroatoms. The third-order valence-corrected chi connectivity index (χ3v) is 4.61. The van der Waals surface area contributed by atoms with Crippen LogP contribution >= 0.6 is 39.1 Å². The van der Waals surface area contributed by atoms with Crippen LogP contribution in [0.4, 0.5) is 0 Å². The van der Waals surface area contributed by atoms with Crippen LogP contribution < -0.4 is 0 Å². The molecule has 0 aromatic heterocycles. The van der Waals surface area contributed by atoms with E-state index in [0.717, 1.165) is 24.7 Å². The molecule has 2 nitrogen and oxygen atoms in total. The smallest absolute Gasteiger partial charge is 0.254 e. The number of hydrogen-bond donors (Lipinski definition) is 0. The highest BCUT2D eigenvalue weighted by atomic mass is 79.9. The van der Waals surface area contributed by atoms with Crippen LogP contribution in [0.1, 0.15) is 36.0 Å². The number of rotatable bonds is 4. The lowest BCUT2D eigenvalue weighted by Gasteiger charge is -2.28. The van der Waals surface area contributed by atoms with Crippen LogP contribution in [0.3, 0.4) is 0 Å². The Morgan fingerprint density at radius 2 is 1.95 bits per heavy atom. The van der Waals surface area contributed by atoms with Crippen molar-refractivity contribution in [3.05, 3.63) is 33.8 Å². The van der Waals surface area contributed by atoms with E-state index in [1.807, 2.05) is 4.90 Å². The summed E-state index contributed by atoms with van der Waals surface area (Å²) in [4.78, 5) is 14.5. The maximum atomic E-state index is 12.6. The van der Waals surface area contributed by atoms with Gasteiger partial charge in [0, 0.05) is 23.5 Å². The molecule has 0 saturated heterocycles. The van der Waals surface area contributed by atoms with Gasteiger partial charge >= 0.3 is 0 Å². The van der Waals surface area contributed by atoms with Gasteiger partial charge in [-0.25, -0.2) is 0 Å². The largest absolute Gasteiger partial charge is 0.335 e. The molecule has 1 amide bonds. The van der Waals surface area contributed by atoms with Crippen LogP contribution in [0, 0.1) is 0 Å². The molecular weight excluding hydrogens is 349 g/mol. The highest BCUT2D eigenvalue weighted by Crippen LogP contribution is 2.27. The van der Waals surface area contributed by atoms with Crippen molar-refractivity contribution in [2.24, 2.45) is 0 Å². The monoisotopic (exact) mass is 363 g/mol. The fraction of sp³-hybridized carbons (Fsp3) is 0.500. The first-order valence-corrected chi connectivity index (χ1v) is 8.33. The number of hydrogen-bond acceptors (Lipinski definition) is 1. The van der Waals surface area contributed by atoms with E-state index < -0.39 is 0 Å². The van der Waals surface area contributed by atoms with E-state index in [1.165, 1.54) is 12.8 Å². The van der Waals surface area contributed by atoms with Gasteiger partial charge in [0.15, 0.2) is 0 Å². The van der Waals surface area contributed by atoms with Gasteiger partial charge < -0.3 is 4.90 Å². The lowest BCUT2D eigenvalue weighted by Crippen LogP contribution is -2.40. The zero-order valence-corrected chi connectivity index (χ0v) is 13.6. The predicted molar refractivity (Wildman–Crippen MR) is 83.5 cm³/mol. The standard InChI is InChI=1S/C14H16BrCl2NO/c15-7-8-18(11-3-1-2-4-11)14(19)10-5-6-12(16)13(17)9-10/h5-6,9,11H,1-4,7-8H2. The molecule has 0 spiro atoms. The predicted octanol–water partition coefficient (Wildman–Crippen LogP) is 4.77. The fourth-order valence-corrected chi connectivity index (χ4v) is 3.23. The molecule has 0 heterocycles. The number of nitrogens with zero attached hydrogens (tertiary/aromatic N) is 1. The summed E-state index contributed by atoms with van der Waals surface area (Å²) in [5.74, 6) is 0.0462. The van der Waals surface area contributed by atoms with Gasteiger partial charge in [0.25, 0.3) is 5.91 Å². The minimum absolute atomic E-state index is 0.0462. The highest BCUT2D eigenvalue weighted by molar-refractivity contribution is 9.09. The van der Waals surface area contributed by atoms with E-state index in [-0.39, 0.29) is 5.91 Å². The molecule has 1 aromatic rings. The lowest BCUT2D eigenvalue weighted by atomic mass is 10.1. The van der Waals surface area contributed by atoms with Crippen molar-refractivity contribution in [3.63, 3.8) is 0 Å². The fourth-order valence-electron chi connectivity index (χ4n) is 2.55. The molecule has 1 saturated carbocycles. The maximum absolute atomic E-state index is 12.6. The number of carbonyl (C=O) groups excluding carboxylic acids is 1. The normalized spacial score (nSPS) is 15.7. The molecule has 2 rings (SSSR count). The molecule has 1 aliphatic rings. The Morgan fingerprint density at radius 3 is 2.53 bits per heavy atom. The van der Waals surface area contributed by atoms with E-state index >= 15 is 0 Å². The second-order valence-corrected chi connectivity index (χ2v) is 6.36. The molecule has 0 bridgehead atoms. The van der Waals surface area contributed by atoms with Crippen molar-refractivity contribution in [2.45, 2.75) is 31.7 Å². The quantitative estimate of drug-likeness (QED) is 0.704. The summed E-state index contributed by atoms with van der Waals surface area (Å²) < 4.78 is 0. The topological polar surface area (TPSA) is 20.3 Å². The van der Waals surface area contributed by atoms with Crippen molar-refractivity contribution in [1.29, 1.82) is 0 Å². The van der Waals surface area contributed by atoms with Crippen molar-refractivity contribution < 1.29 is 4.79 Å². The number of alkyl halides is 1. The van der Waals surface area contributed by atoms with Crippen LogP contribution in [-0.2, 0) is 0 Å². The molecule has 0 unspecified atom stereocenters. The molecule has 0 atom stereocenters. The summed E-state index contributed by atoms with van der Waals surface area (Å²) in [5, 5.41) is 1.69. The summed E-state index contributed by atoms with van der Waals surface area (Å²) in [5.41, 5.74) is 0.613.